The van der Waals surface area contributed by atoms with Crippen LogP contribution in [0.25, 0.3) is 0 Å². The number of aromatic nitrogens is 1. The molecule has 0 saturated heterocycles. The Labute approximate surface area is 94.8 Å². The van der Waals surface area contributed by atoms with Gasteiger partial charge in [-0.25, -0.2) is 4.98 Å². The monoisotopic (exact) mass is 223 g/mol. The van der Waals surface area contributed by atoms with Crippen molar-refractivity contribution in [2.75, 3.05) is 17.3 Å². The van der Waals surface area contributed by atoms with Gasteiger partial charge in [-0.3, -0.25) is 0 Å². The Morgan fingerprint density at radius 2 is 2.40 bits per heavy atom. The van der Waals surface area contributed by atoms with Crippen LogP contribution in [0.5, 0.6) is 0 Å². The molecule has 1 saturated carbocycles. The van der Waals surface area contributed by atoms with Crippen molar-refractivity contribution in [1.29, 1.82) is 0 Å². The normalized spacial score (nSPS) is 25.4. The van der Waals surface area contributed by atoms with Crippen LogP contribution in [-0.4, -0.2) is 22.5 Å². The third-order valence-electron chi connectivity index (χ3n) is 2.93. The third kappa shape index (κ3) is 2.37. The first kappa shape index (κ1) is 10.6. The highest BCUT2D eigenvalue weighted by Gasteiger charge is 2.26. The smallest absolute Gasteiger partial charge is 0.146 e. The Kier molecular flexibility index (Phi) is 3.36. The second kappa shape index (κ2) is 4.75. The Morgan fingerprint density at radius 1 is 1.53 bits per heavy atom. The van der Waals surface area contributed by atoms with Crippen LogP contribution in [0, 0.1) is 0 Å². The minimum absolute atomic E-state index is 0.548. The Hall–Kier alpha value is -0.900. The van der Waals surface area contributed by atoms with Gasteiger partial charge in [0.25, 0.3) is 0 Å². The first-order valence-corrected chi connectivity index (χ1v) is 6.60. The van der Waals surface area contributed by atoms with E-state index in [0.717, 1.165) is 5.69 Å². The maximum atomic E-state index is 5.81. The molecular weight excluding hydrogens is 206 g/mol. The van der Waals surface area contributed by atoms with Crippen LogP contribution < -0.4 is 11.1 Å². The topological polar surface area (TPSA) is 50.9 Å². The number of nitrogens with zero attached hydrogens (tertiary/aromatic N) is 1. The first-order chi connectivity index (χ1) is 7.31. The van der Waals surface area contributed by atoms with E-state index in [1.807, 2.05) is 23.9 Å². The number of anilines is 2. The molecule has 1 aromatic rings. The van der Waals surface area contributed by atoms with Crippen molar-refractivity contribution in [3.8, 4) is 0 Å². The van der Waals surface area contributed by atoms with Gasteiger partial charge >= 0.3 is 0 Å². The molecule has 1 fully saturated rings. The predicted octanol–water partition coefficient (Wildman–Crippen LogP) is 2.36. The average Bonchev–Trinajstić information content (AvgIpc) is 2.69. The molecule has 3 nitrogen and oxygen atoms in total. The van der Waals surface area contributed by atoms with Crippen LogP contribution in [0.15, 0.2) is 18.3 Å². The Bertz CT molecular complexity index is 329. The van der Waals surface area contributed by atoms with Gasteiger partial charge in [-0.1, -0.05) is 6.42 Å². The number of nitrogens with one attached hydrogen (secondary N) is 1. The van der Waals surface area contributed by atoms with E-state index in [2.05, 4.69) is 16.6 Å². The number of nitrogens with two attached hydrogens (primary N) is 1. The van der Waals surface area contributed by atoms with E-state index in [1.165, 1.54) is 19.3 Å². The maximum Gasteiger partial charge on any atom is 0.146 e. The van der Waals surface area contributed by atoms with Crippen molar-refractivity contribution in [3.63, 3.8) is 0 Å². The minimum atomic E-state index is 0.548. The molecule has 0 spiro atoms. The largest absolute Gasteiger partial charge is 0.382 e. The molecule has 1 aromatic heterocycles. The number of hydrogen-bond acceptors (Lipinski definition) is 4. The lowest BCUT2D eigenvalue weighted by atomic mass is 10.2. The molecule has 15 heavy (non-hydrogen) atoms. The van der Waals surface area contributed by atoms with Crippen molar-refractivity contribution in [2.45, 2.75) is 30.6 Å². The van der Waals surface area contributed by atoms with E-state index in [1.54, 1.807) is 6.20 Å². The Balaban J connectivity index is 2.05. The summed E-state index contributed by atoms with van der Waals surface area (Å²) in [5.74, 6) is 0.601. The molecule has 4 heteroatoms. The van der Waals surface area contributed by atoms with Crippen LogP contribution in [0.3, 0.4) is 0 Å². The van der Waals surface area contributed by atoms with Crippen molar-refractivity contribution >= 4 is 23.3 Å². The molecule has 0 aromatic carbocycles. The number of hydrogen-bond donors (Lipinski definition) is 2. The first-order valence-electron chi connectivity index (χ1n) is 5.31. The molecule has 2 unspecified atom stereocenters. The van der Waals surface area contributed by atoms with Crippen molar-refractivity contribution in [3.05, 3.63) is 18.3 Å². The fraction of sp³-hybridized carbons (Fsp3) is 0.545. The fourth-order valence-corrected chi connectivity index (χ4v) is 3.05. The van der Waals surface area contributed by atoms with Gasteiger partial charge in [0.05, 0.1) is 5.69 Å². The molecule has 1 aliphatic rings. The van der Waals surface area contributed by atoms with Crippen LogP contribution in [0.1, 0.15) is 19.3 Å². The molecule has 1 aliphatic carbocycles. The zero-order valence-electron chi connectivity index (χ0n) is 8.94. The lowest BCUT2D eigenvalue weighted by Gasteiger charge is -2.20. The number of pyridine rings is 1. The molecule has 0 aliphatic heterocycles. The summed E-state index contributed by atoms with van der Waals surface area (Å²) < 4.78 is 0. The number of rotatable bonds is 3. The molecule has 2 atom stereocenters. The standard InChI is InChI=1S/C11H17N3S/c1-15-10-6-2-4-8(10)14-9-5-3-7-13-11(9)12/h3,5,7-8,10,14H,2,4,6H2,1H3,(H2,12,13). The van der Waals surface area contributed by atoms with Gasteiger partial charge in [-0.05, 0) is 31.2 Å². The molecule has 0 bridgehead atoms. The fourth-order valence-electron chi connectivity index (χ4n) is 2.11. The van der Waals surface area contributed by atoms with E-state index >= 15 is 0 Å². The molecule has 82 valence electrons. The average molecular weight is 223 g/mol. The van der Waals surface area contributed by atoms with Gasteiger partial charge in [-0.2, -0.15) is 11.8 Å². The molecule has 3 N–H and O–H groups in total. The molecule has 0 amide bonds. The van der Waals surface area contributed by atoms with Crippen LogP contribution in [0.2, 0.25) is 0 Å². The van der Waals surface area contributed by atoms with Crippen LogP contribution in [-0.2, 0) is 0 Å². The molecule has 0 radical (unpaired) electrons. The summed E-state index contributed by atoms with van der Waals surface area (Å²) in [6.07, 6.45) is 7.75. The maximum absolute atomic E-state index is 5.81. The highest BCUT2D eigenvalue weighted by molar-refractivity contribution is 7.99. The quantitative estimate of drug-likeness (QED) is 0.826. The highest BCUT2D eigenvalue weighted by Crippen LogP contribution is 2.31. The van der Waals surface area contributed by atoms with Gasteiger partial charge < -0.3 is 11.1 Å². The van der Waals surface area contributed by atoms with Crippen LogP contribution in [0.4, 0.5) is 11.5 Å². The van der Waals surface area contributed by atoms with Gasteiger partial charge in [0, 0.05) is 17.5 Å². The van der Waals surface area contributed by atoms with Crippen molar-refractivity contribution in [2.24, 2.45) is 0 Å². The number of nitrogen functional groups attached to an aromatic ring is 1. The summed E-state index contributed by atoms with van der Waals surface area (Å²) in [5, 5.41) is 4.21. The van der Waals surface area contributed by atoms with Crippen LogP contribution >= 0.6 is 11.8 Å². The second-order valence-corrected chi connectivity index (χ2v) is 4.97. The van der Waals surface area contributed by atoms with Gasteiger partial charge in [0.2, 0.25) is 0 Å². The molecule has 2 rings (SSSR count). The summed E-state index contributed by atoms with van der Waals surface area (Å²) in [4.78, 5) is 4.08. The summed E-state index contributed by atoms with van der Waals surface area (Å²) in [7, 11) is 0. The Morgan fingerprint density at radius 3 is 3.13 bits per heavy atom. The van der Waals surface area contributed by atoms with Gasteiger partial charge in [0.1, 0.15) is 5.82 Å². The SMILES string of the molecule is CSC1CCCC1Nc1cccnc1N. The van der Waals surface area contributed by atoms with Gasteiger partial charge in [-0.15, -0.1) is 0 Å². The third-order valence-corrected chi connectivity index (χ3v) is 4.10. The van der Waals surface area contributed by atoms with E-state index in [-0.39, 0.29) is 0 Å². The highest BCUT2D eigenvalue weighted by atomic mass is 32.2. The van der Waals surface area contributed by atoms with Crippen molar-refractivity contribution < 1.29 is 0 Å². The minimum Gasteiger partial charge on any atom is -0.382 e. The predicted molar refractivity (Wildman–Crippen MR) is 67.2 cm³/mol. The summed E-state index contributed by atoms with van der Waals surface area (Å²) in [5.41, 5.74) is 6.78. The number of thioether (sulfide) groups is 1. The van der Waals surface area contributed by atoms with Crippen molar-refractivity contribution in [1.82, 2.24) is 4.98 Å². The lowest BCUT2D eigenvalue weighted by molar-refractivity contribution is 0.768. The second-order valence-electron chi connectivity index (χ2n) is 3.89. The zero-order valence-corrected chi connectivity index (χ0v) is 9.76. The van der Waals surface area contributed by atoms with E-state index in [9.17, 15) is 0 Å². The van der Waals surface area contributed by atoms with E-state index in [4.69, 9.17) is 5.73 Å². The van der Waals surface area contributed by atoms with E-state index in [0.29, 0.717) is 17.1 Å². The summed E-state index contributed by atoms with van der Waals surface area (Å²) >= 11 is 1.94. The summed E-state index contributed by atoms with van der Waals surface area (Å²) in [6.45, 7) is 0. The van der Waals surface area contributed by atoms with E-state index < -0.39 is 0 Å². The molecule has 1 heterocycles. The lowest BCUT2D eigenvalue weighted by Crippen LogP contribution is -2.26. The zero-order chi connectivity index (χ0) is 10.7. The summed E-state index contributed by atoms with van der Waals surface area (Å²) in [6, 6.07) is 4.46. The van der Waals surface area contributed by atoms with Gasteiger partial charge in [0.15, 0.2) is 0 Å². The molecular formula is C11H17N3S.